The van der Waals surface area contributed by atoms with E-state index >= 15 is 0 Å². The molecule has 1 heterocycles. The lowest BCUT2D eigenvalue weighted by atomic mass is 10.1. The predicted molar refractivity (Wildman–Crippen MR) is 72.4 cm³/mol. The Balaban J connectivity index is 2.06. The molecule has 3 nitrogen and oxygen atoms in total. The molecule has 2 atom stereocenters. The molecule has 2 rings (SSSR count). The van der Waals surface area contributed by atoms with Crippen molar-refractivity contribution >= 4 is 25.8 Å². The first-order chi connectivity index (χ1) is 8.37. The molecule has 0 spiro atoms. The maximum atomic E-state index is 13.1. The topological polar surface area (TPSA) is 46.2 Å². The van der Waals surface area contributed by atoms with Crippen LogP contribution < -0.4 is 5.32 Å². The van der Waals surface area contributed by atoms with Crippen LogP contribution in [-0.2, 0) is 9.84 Å². The first-order valence-corrected chi connectivity index (χ1v) is 8.00. The zero-order chi connectivity index (χ0) is 13.3. The molecule has 0 saturated heterocycles. The van der Waals surface area contributed by atoms with E-state index in [0.29, 0.717) is 4.47 Å². The van der Waals surface area contributed by atoms with E-state index in [1.54, 1.807) is 18.2 Å². The molecule has 1 aliphatic rings. The molecule has 1 aliphatic heterocycles. The molecule has 0 aromatic heterocycles. The average Bonchev–Trinajstić information content (AvgIpc) is 2.62. The first kappa shape index (κ1) is 13.7. The fraction of sp³-hybridized carbons (Fsp3) is 0.333. The number of halogens is 2. The van der Waals surface area contributed by atoms with Gasteiger partial charge in [-0.1, -0.05) is 12.1 Å². The maximum Gasteiger partial charge on any atom is 0.173 e. The summed E-state index contributed by atoms with van der Waals surface area (Å²) in [4.78, 5) is 0. The fourth-order valence-corrected chi connectivity index (χ4v) is 3.52. The molecule has 1 aromatic rings. The number of hydrogen-bond donors (Lipinski definition) is 1. The summed E-state index contributed by atoms with van der Waals surface area (Å²) in [5.74, 6) is -0.228. The van der Waals surface area contributed by atoms with Crippen molar-refractivity contribution < 1.29 is 12.8 Å². The fourth-order valence-electron chi connectivity index (χ4n) is 1.88. The Labute approximate surface area is 114 Å². The molecular formula is C12H13BrFNO2S. The molecule has 0 saturated carbocycles. The van der Waals surface area contributed by atoms with Crippen molar-refractivity contribution in [3.8, 4) is 0 Å². The molecule has 98 valence electrons. The lowest BCUT2D eigenvalue weighted by molar-refractivity contribution is 0.533. The second kappa shape index (κ2) is 5.11. The molecular weight excluding hydrogens is 321 g/mol. The highest BCUT2D eigenvalue weighted by Crippen LogP contribution is 2.22. The van der Waals surface area contributed by atoms with Gasteiger partial charge in [0.2, 0.25) is 0 Å². The van der Waals surface area contributed by atoms with Crippen molar-refractivity contribution in [2.24, 2.45) is 0 Å². The first-order valence-electron chi connectivity index (χ1n) is 5.49. The third-order valence-corrected chi connectivity index (χ3v) is 4.84. The van der Waals surface area contributed by atoms with Crippen LogP contribution in [0, 0.1) is 5.82 Å². The Hall–Kier alpha value is -0.720. The van der Waals surface area contributed by atoms with Crippen molar-refractivity contribution in [1.29, 1.82) is 0 Å². The highest BCUT2D eigenvalue weighted by atomic mass is 79.9. The van der Waals surface area contributed by atoms with Gasteiger partial charge < -0.3 is 5.32 Å². The van der Waals surface area contributed by atoms with Gasteiger partial charge in [-0.3, -0.25) is 0 Å². The van der Waals surface area contributed by atoms with E-state index in [-0.39, 0.29) is 23.7 Å². The van der Waals surface area contributed by atoms with Gasteiger partial charge >= 0.3 is 0 Å². The van der Waals surface area contributed by atoms with Crippen LogP contribution in [0.3, 0.4) is 0 Å². The minimum absolute atomic E-state index is 0.0511. The van der Waals surface area contributed by atoms with E-state index in [0.717, 1.165) is 5.56 Å². The maximum absolute atomic E-state index is 13.1. The molecule has 1 aromatic carbocycles. The highest BCUT2D eigenvalue weighted by Gasteiger charge is 2.23. The zero-order valence-corrected chi connectivity index (χ0v) is 12.1. The monoisotopic (exact) mass is 333 g/mol. The lowest BCUT2D eigenvalue weighted by Crippen LogP contribution is -2.32. The molecule has 18 heavy (non-hydrogen) atoms. The van der Waals surface area contributed by atoms with Crippen molar-refractivity contribution in [3.05, 3.63) is 45.5 Å². The minimum Gasteiger partial charge on any atom is -0.303 e. The summed E-state index contributed by atoms with van der Waals surface area (Å²) in [7, 11) is -3.05. The van der Waals surface area contributed by atoms with Gasteiger partial charge in [0.25, 0.3) is 0 Å². The summed E-state index contributed by atoms with van der Waals surface area (Å²) in [6.45, 7) is 1.92. The highest BCUT2D eigenvalue weighted by molar-refractivity contribution is 9.10. The smallest absolute Gasteiger partial charge is 0.173 e. The van der Waals surface area contributed by atoms with Gasteiger partial charge in [-0.25, -0.2) is 12.8 Å². The summed E-state index contributed by atoms with van der Waals surface area (Å²) in [6.07, 6.45) is 1.64. The number of nitrogens with one attached hydrogen (secondary N) is 1. The van der Waals surface area contributed by atoms with E-state index in [9.17, 15) is 12.8 Å². The van der Waals surface area contributed by atoms with Crippen LogP contribution in [0.4, 0.5) is 4.39 Å². The van der Waals surface area contributed by atoms with Gasteiger partial charge in [-0.05, 0) is 40.5 Å². The number of hydrogen-bond acceptors (Lipinski definition) is 3. The molecule has 0 aliphatic carbocycles. The third-order valence-electron chi connectivity index (χ3n) is 2.84. The van der Waals surface area contributed by atoms with Gasteiger partial charge in [-0.15, -0.1) is 0 Å². The Morgan fingerprint density at radius 3 is 2.78 bits per heavy atom. The second-order valence-corrected chi connectivity index (χ2v) is 7.11. The molecule has 0 bridgehead atoms. The van der Waals surface area contributed by atoms with Gasteiger partial charge in [0.1, 0.15) is 5.82 Å². The average molecular weight is 334 g/mol. The summed E-state index contributed by atoms with van der Waals surface area (Å²) in [5, 5.41) is 4.42. The second-order valence-electron chi connectivity index (χ2n) is 4.33. The van der Waals surface area contributed by atoms with Gasteiger partial charge in [0.15, 0.2) is 9.84 Å². The van der Waals surface area contributed by atoms with Crippen molar-refractivity contribution in [2.45, 2.75) is 19.0 Å². The molecule has 2 unspecified atom stereocenters. The SMILES string of the molecule is CC(NC1C=CS(=O)(=O)C1)c1ccc(F)c(Br)c1. The number of sulfone groups is 1. The van der Waals surface area contributed by atoms with Gasteiger partial charge in [0.05, 0.1) is 10.2 Å². The standard InChI is InChI=1S/C12H13BrFNO2S/c1-8(9-2-3-12(14)11(13)6-9)15-10-4-5-18(16,17)7-10/h2-6,8,10,15H,7H2,1H3. The van der Waals surface area contributed by atoms with Gasteiger partial charge in [-0.2, -0.15) is 0 Å². The van der Waals surface area contributed by atoms with Crippen LogP contribution in [-0.4, -0.2) is 20.2 Å². The van der Waals surface area contributed by atoms with E-state index < -0.39 is 9.84 Å². The summed E-state index contributed by atoms with van der Waals surface area (Å²) in [6, 6.07) is 4.53. The minimum atomic E-state index is -3.05. The Bertz CT molecular complexity index is 586. The van der Waals surface area contributed by atoms with Gasteiger partial charge in [0, 0.05) is 17.5 Å². The Morgan fingerprint density at radius 2 is 2.22 bits per heavy atom. The van der Waals surface area contributed by atoms with Crippen molar-refractivity contribution in [2.75, 3.05) is 5.75 Å². The van der Waals surface area contributed by atoms with Crippen LogP contribution in [0.15, 0.2) is 34.2 Å². The largest absolute Gasteiger partial charge is 0.303 e. The Kier molecular flexibility index (Phi) is 3.89. The Morgan fingerprint density at radius 1 is 1.50 bits per heavy atom. The van der Waals surface area contributed by atoms with Crippen molar-refractivity contribution in [3.63, 3.8) is 0 Å². The van der Waals surface area contributed by atoms with E-state index in [1.807, 2.05) is 6.92 Å². The summed E-state index contributed by atoms with van der Waals surface area (Å²) in [5.41, 5.74) is 0.904. The van der Waals surface area contributed by atoms with Crippen LogP contribution in [0.2, 0.25) is 0 Å². The van der Waals surface area contributed by atoms with Crippen LogP contribution in [0.1, 0.15) is 18.5 Å². The predicted octanol–water partition coefficient (Wildman–Crippen LogP) is 2.55. The molecule has 1 N–H and O–H groups in total. The molecule has 0 fully saturated rings. The molecule has 6 heteroatoms. The molecule has 0 radical (unpaired) electrons. The summed E-state index contributed by atoms with van der Waals surface area (Å²) >= 11 is 3.13. The van der Waals surface area contributed by atoms with Crippen LogP contribution >= 0.6 is 15.9 Å². The number of benzene rings is 1. The molecule has 0 amide bonds. The van der Waals surface area contributed by atoms with Crippen molar-refractivity contribution in [1.82, 2.24) is 5.32 Å². The van der Waals surface area contributed by atoms with E-state index in [1.165, 1.54) is 11.5 Å². The lowest BCUT2D eigenvalue weighted by Gasteiger charge is -2.18. The quantitative estimate of drug-likeness (QED) is 0.924. The van der Waals surface area contributed by atoms with E-state index in [4.69, 9.17) is 0 Å². The van der Waals surface area contributed by atoms with Crippen LogP contribution in [0.25, 0.3) is 0 Å². The number of rotatable bonds is 3. The zero-order valence-electron chi connectivity index (χ0n) is 9.73. The summed E-state index contributed by atoms with van der Waals surface area (Å²) < 4.78 is 36.1. The van der Waals surface area contributed by atoms with Crippen LogP contribution in [0.5, 0.6) is 0 Å². The normalized spacial score (nSPS) is 23.2. The third kappa shape index (κ3) is 3.18. The van der Waals surface area contributed by atoms with E-state index in [2.05, 4.69) is 21.2 Å².